The van der Waals surface area contributed by atoms with E-state index in [1.54, 1.807) is 19.1 Å². The van der Waals surface area contributed by atoms with E-state index < -0.39 is 0 Å². The first kappa shape index (κ1) is 30.7. The molecule has 43 heavy (non-hydrogen) atoms. The van der Waals surface area contributed by atoms with Gasteiger partial charge in [0.1, 0.15) is 24.7 Å². The molecule has 0 radical (unpaired) electrons. The molecule has 0 bridgehead atoms. The van der Waals surface area contributed by atoms with Crippen LogP contribution in [0.5, 0.6) is 11.5 Å². The molecule has 0 saturated carbocycles. The summed E-state index contributed by atoms with van der Waals surface area (Å²) < 4.78 is 16.3. The lowest BCUT2D eigenvalue weighted by Gasteiger charge is -2.09. The maximum absolute atomic E-state index is 12.0. The highest BCUT2D eigenvalue weighted by molar-refractivity contribution is 5.83. The zero-order chi connectivity index (χ0) is 30.4. The van der Waals surface area contributed by atoms with Crippen molar-refractivity contribution in [1.29, 1.82) is 0 Å². The number of H-pyrrole nitrogens is 1. The normalized spacial score (nSPS) is 10.8. The minimum Gasteiger partial charge on any atom is -0.489 e. The molecule has 0 aliphatic heterocycles. The molecule has 220 valence electrons. The average molecular weight is 577 g/mol. The number of hydrogen-bond acceptors (Lipinski definition) is 6. The molecule has 7 heteroatoms. The van der Waals surface area contributed by atoms with Crippen molar-refractivity contribution in [2.45, 2.75) is 34.0 Å². The monoisotopic (exact) mass is 576 g/mol. The molecule has 4 aromatic carbocycles. The molecular formula is C36H36N2O5. The third-order valence-corrected chi connectivity index (χ3v) is 6.25. The van der Waals surface area contributed by atoms with E-state index in [0.717, 1.165) is 39.5 Å². The molecule has 0 atom stereocenters. The van der Waals surface area contributed by atoms with Crippen LogP contribution in [-0.2, 0) is 22.7 Å². The van der Waals surface area contributed by atoms with Crippen molar-refractivity contribution < 1.29 is 19.0 Å². The second-order valence-electron chi connectivity index (χ2n) is 9.80. The molecule has 0 saturated heterocycles. The highest BCUT2D eigenvalue weighted by Gasteiger charge is 2.03. The lowest BCUT2D eigenvalue weighted by atomic mass is 10.2. The molecule has 5 rings (SSSR count). The van der Waals surface area contributed by atoms with Crippen molar-refractivity contribution in [3.63, 3.8) is 0 Å². The average Bonchev–Trinajstić information content (AvgIpc) is 3.01. The van der Waals surface area contributed by atoms with Crippen molar-refractivity contribution in [2.24, 2.45) is 0 Å². The van der Waals surface area contributed by atoms with Gasteiger partial charge >= 0.3 is 5.97 Å². The number of pyridine rings is 1. The molecule has 0 aliphatic carbocycles. The number of carbonyl (C=O) groups excluding carboxylic acids is 1. The van der Waals surface area contributed by atoms with Crippen LogP contribution in [0.3, 0.4) is 0 Å². The number of anilines is 1. The van der Waals surface area contributed by atoms with Gasteiger partial charge in [-0.15, -0.1) is 0 Å². The Morgan fingerprint density at radius 3 is 1.98 bits per heavy atom. The molecule has 0 aliphatic rings. The summed E-state index contributed by atoms with van der Waals surface area (Å²) in [6, 6.07) is 34.7. The Balaban J connectivity index is 0.000000198. The Hall–Kier alpha value is -5.30. The van der Waals surface area contributed by atoms with Crippen LogP contribution >= 0.6 is 0 Å². The fraction of sp³-hybridized carbons (Fsp3) is 0.167. The van der Waals surface area contributed by atoms with Gasteiger partial charge in [0.2, 0.25) is 0 Å². The van der Waals surface area contributed by atoms with Gasteiger partial charge in [-0.1, -0.05) is 60.7 Å². The molecule has 5 aromatic rings. The number of nitrogens with one attached hydrogen (secondary N) is 2. The molecular weight excluding hydrogens is 540 g/mol. The molecule has 2 N–H and O–H groups in total. The predicted octanol–water partition coefficient (Wildman–Crippen LogP) is 7.56. The molecule has 0 amide bonds. The van der Waals surface area contributed by atoms with Gasteiger partial charge in [-0.25, -0.2) is 4.79 Å². The number of rotatable bonds is 10. The maximum Gasteiger partial charge on any atom is 0.332 e. The second kappa shape index (κ2) is 15.6. The Morgan fingerprint density at radius 2 is 1.37 bits per heavy atom. The lowest BCUT2D eigenvalue weighted by Crippen LogP contribution is -2.04. The highest BCUT2D eigenvalue weighted by Crippen LogP contribution is 2.19. The van der Waals surface area contributed by atoms with Crippen molar-refractivity contribution in [3.8, 4) is 11.5 Å². The van der Waals surface area contributed by atoms with Crippen LogP contribution < -0.4 is 20.2 Å². The fourth-order valence-corrected chi connectivity index (χ4v) is 4.19. The largest absolute Gasteiger partial charge is 0.489 e. The van der Waals surface area contributed by atoms with Crippen molar-refractivity contribution in [1.82, 2.24) is 4.98 Å². The fourth-order valence-electron chi connectivity index (χ4n) is 4.19. The smallest absolute Gasteiger partial charge is 0.332 e. The quantitative estimate of drug-likeness (QED) is 0.132. The van der Waals surface area contributed by atoms with Gasteiger partial charge in [-0.05, 0) is 74.4 Å². The topological polar surface area (TPSA) is 89.7 Å². The standard InChI is InChI=1S/C19H21NO3.C17H15NO2/c1-3-22-19(21)13-15(2)20-17-9-11-18(12-10-17)23-14-16-7-5-4-6-8-16;1-12-9-17(19)15-10-14(7-8-16(15)18-12)20-11-13-5-3-2-4-6-13/h4-13,20H,3,14H2,1-2H3;2-10H,11H2,1H3,(H,18,19)/b15-13-;. The summed E-state index contributed by atoms with van der Waals surface area (Å²) in [7, 11) is 0. The highest BCUT2D eigenvalue weighted by atomic mass is 16.5. The van der Waals surface area contributed by atoms with E-state index in [2.05, 4.69) is 10.3 Å². The number of aromatic amines is 1. The zero-order valence-corrected chi connectivity index (χ0v) is 24.6. The van der Waals surface area contributed by atoms with Gasteiger partial charge in [0.25, 0.3) is 0 Å². The summed E-state index contributed by atoms with van der Waals surface area (Å²) in [5.74, 6) is 1.16. The molecule has 1 heterocycles. The Labute approximate surface area is 251 Å². The number of hydrogen-bond donors (Lipinski definition) is 2. The van der Waals surface area contributed by atoms with Gasteiger partial charge in [-0.2, -0.15) is 0 Å². The molecule has 0 unspecified atom stereocenters. The molecule has 0 spiro atoms. The van der Waals surface area contributed by atoms with E-state index in [-0.39, 0.29) is 11.4 Å². The van der Waals surface area contributed by atoms with Gasteiger partial charge < -0.3 is 24.5 Å². The first-order chi connectivity index (χ1) is 20.9. The van der Waals surface area contributed by atoms with Crippen LogP contribution in [0.4, 0.5) is 5.69 Å². The number of carbonyl (C=O) groups is 1. The summed E-state index contributed by atoms with van der Waals surface area (Å²) in [4.78, 5) is 26.5. The number of benzene rings is 4. The summed E-state index contributed by atoms with van der Waals surface area (Å²) >= 11 is 0. The van der Waals surface area contributed by atoms with Crippen molar-refractivity contribution in [3.05, 3.63) is 148 Å². The Morgan fingerprint density at radius 1 is 0.791 bits per heavy atom. The van der Waals surface area contributed by atoms with Gasteiger partial charge in [-0.3, -0.25) is 4.79 Å². The van der Waals surface area contributed by atoms with E-state index in [4.69, 9.17) is 14.2 Å². The van der Waals surface area contributed by atoms with Crippen LogP contribution in [0.15, 0.2) is 126 Å². The Kier molecular flexibility index (Phi) is 11.1. The minimum absolute atomic E-state index is 0.0152. The Bertz CT molecular complexity index is 1700. The van der Waals surface area contributed by atoms with Crippen molar-refractivity contribution in [2.75, 3.05) is 11.9 Å². The molecule has 7 nitrogen and oxygen atoms in total. The summed E-state index contributed by atoms with van der Waals surface area (Å²) in [6.07, 6.45) is 1.43. The van der Waals surface area contributed by atoms with Gasteiger partial charge in [0, 0.05) is 40.1 Å². The van der Waals surface area contributed by atoms with Crippen LogP contribution in [0.1, 0.15) is 30.7 Å². The van der Waals surface area contributed by atoms with E-state index in [9.17, 15) is 9.59 Å². The summed E-state index contributed by atoms with van der Waals surface area (Å²) in [5, 5.41) is 3.79. The number of esters is 1. The summed E-state index contributed by atoms with van der Waals surface area (Å²) in [6.45, 7) is 6.88. The van der Waals surface area contributed by atoms with E-state index in [1.165, 1.54) is 6.08 Å². The number of ether oxygens (including phenoxy) is 3. The zero-order valence-electron chi connectivity index (χ0n) is 24.6. The molecule has 0 fully saturated rings. The van der Waals surface area contributed by atoms with Crippen LogP contribution in [-0.4, -0.2) is 17.6 Å². The maximum atomic E-state index is 12.0. The third kappa shape index (κ3) is 9.93. The number of aromatic nitrogens is 1. The van der Waals surface area contributed by atoms with Gasteiger partial charge in [0.05, 0.1) is 6.61 Å². The van der Waals surface area contributed by atoms with Crippen LogP contribution in [0.25, 0.3) is 10.9 Å². The second-order valence-corrected chi connectivity index (χ2v) is 9.80. The minimum atomic E-state index is -0.347. The third-order valence-electron chi connectivity index (χ3n) is 6.25. The summed E-state index contributed by atoms with van der Waals surface area (Å²) in [5.41, 5.74) is 5.55. The van der Waals surface area contributed by atoms with Crippen LogP contribution in [0.2, 0.25) is 0 Å². The lowest BCUT2D eigenvalue weighted by molar-refractivity contribution is -0.137. The number of aryl methyl sites for hydroxylation is 1. The van der Waals surface area contributed by atoms with Crippen molar-refractivity contribution >= 4 is 22.6 Å². The van der Waals surface area contributed by atoms with Crippen LogP contribution in [0, 0.1) is 6.92 Å². The van der Waals surface area contributed by atoms with E-state index in [0.29, 0.717) is 31.0 Å². The van der Waals surface area contributed by atoms with E-state index >= 15 is 0 Å². The van der Waals surface area contributed by atoms with E-state index in [1.807, 2.05) is 111 Å². The number of fused-ring (bicyclic) bond motifs is 1. The first-order valence-corrected chi connectivity index (χ1v) is 14.1. The predicted molar refractivity (Wildman–Crippen MR) is 171 cm³/mol. The van der Waals surface area contributed by atoms with Gasteiger partial charge in [0.15, 0.2) is 5.43 Å². The SMILES string of the molecule is CCOC(=O)/C=C(/C)Nc1ccc(OCc2ccccc2)cc1.Cc1cc(=O)c2cc(OCc3ccccc3)ccc2[nH]1. The number of allylic oxidation sites excluding steroid dienone is 1. The molecule has 1 aromatic heterocycles. The first-order valence-electron chi connectivity index (χ1n) is 14.1.